The van der Waals surface area contributed by atoms with Gasteiger partial charge in [0.05, 0.1) is 12.9 Å². The summed E-state index contributed by atoms with van der Waals surface area (Å²) < 4.78 is 63.8. The number of rotatable bonds is 14. The fourth-order valence-electron chi connectivity index (χ4n) is 4.01. The molecule has 0 aliphatic rings. The fourth-order valence-corrected chi connectivity index (χ4v) is 4.71. The minimum Gasteiger partial charge on any atom is -0.494 e. The lowest BCUT2D eigenvalue weighted by Gasteiger charge is -2.23. The van der Waals surface area contributed by atoms with Gasteiger partial charge < -0.3 is 26.2 Å². The molecule has 46 heavy (non-hydrogen) atoms. The van der Waals surface area contributed by atoms with Crippen molar-refractivity contribution in [2.24, 2.45) is 5.73 Å². The second-order valence-corrected chi connectivity index (χ2v) is 11.8. The van der Waals surface area contributed by atoms with Crippen LogP contribution in [-0.2, 0) is 50.3 Å². The van der Waals surface area contributed by atoms with Gasteiger partial charge in [0.1, 0.15) is 17.8 Å². The van der Waals surface area contributed by atoms with Gasteiger partial charge in [-0.05, 0) is 47.7 Å². The first kappa shape index (κ1) is 37.7. The molecule has 0 bridgehead atoms. The number of ether oxygens (including phenoxy) is 1. The minimum atomic E-state index is -5.08. The molecular weight excluding hydrogens is 629 g/mol. The maximum absolute atomic E-state index is 13.4. The highest BCUT2D eigenvalue weighted by Gasteiger charge is 2.38. The summed E-state index contributed by atoms with van der Waals surface area (Å²) in [6, 6.07) is 21.9. The van der Waals surface area contributed by atoms with E-state index < -0.39 is 40.2 Å². The SMILES string of the molecule is CCOc1ccc(CC(NS(C)(=O)=O)C(=O)NC(Cc2ccccc2)C(=O)NCc2ccc(CN)cc2)cc1.O=C(O)C(F)(F)F. The third kappa shape index (κ3) is 14.1. The molecule has 3 rings (SSSR count). The number of hydrogen-bond donors (Lipinski definition) is 5. The predicted molar refractivity (Wildman–Crippen MR) is 165 cm³/mol. The highest BCUT2D eigenvalue weighted by Crippen LogP contribution is 2.15. The van der Waals surface area contributed by atoms with Gasteiger partial charge in [-0.1, -0.05) is 66.7 Å². The van der Waals surface area contributed by atoms with E-state index in [1.165, 1.54) is 0 Å². The molecule has 15 heteroatoms. The molecule has 0 aromatic heterocycles. The average Bonchev–Trinajstić information content (AvgIpc) is 3.00. The Balaban J connectivity index is 0.000000942. The molecule has 0 saturated heterocycles. The van der Waals surface area contributed by atoms with Crippen LogP contribution in [0.3, 0.4) is 0 Å². The second kappa shape index (κ2) is 17.9. The van der Waals surface area contributed by atoms with Gasteiger partial charge in [-0.2, -0.15) is 13.2 Å². The average molecular weight is 667 g/mol. The number of alkyl halides is 3. The molecule has 0 saturated carbocycles. The first-order chi connectivity index (χ1) is 21.6. The number of carboxylic acid groups (broad SMARTS) is 1. The molecule has 250 valence electrons. The first-order valence-corrected chi connectivity index (χ1v) is 15.9. The highest BCUT2D eigenvalue weighted by molar-refractivity contribution is 7.88. The summed E-state index contributed by atoms with van der Waals surface area (Å²) in [6.07, 6.45) is -3.76. The number of hydrogen-bond acceptors (Lipinski definition) is 7. The third-order valence-electron chi connectivity index (χ3n) is 6.23. The molecule has 0 fully saturated rings. The van der Waals surface area contributed by atoms with Crippen LogP contribution in [0.1, 0.15) is 29.2 Å². The third-order valence-corrected chi connectivity index (χ3v) is 6.94. The van der Waals surface area contributed by atoms with Crippen molar-refractivity contribution in [3.8, 4) is 5.75 Å². The zero-order valence-corrected chi connectivity index (χ0v) is 26.0. The number of carbonyl (C=O) groups excluding carboxylic acids is 2. The molecule has 3 aromatic rings. The predicted octanol–water partition coefficient (Wildman–Crippen LogP) is 2.68. The van der Waals surface area contributed by atoms with E-state index in [2.05, 4.69) is 15.4 Å². The molecule has 3 aromatic carbocycles. The van der Waals surface area contributed by atoms with Crippen LogP contribution < -0.4 is 25.8 Å². The van der Waals surface area contributed by atoms with Crippen molar-refractivity contribution in [2.45, 2.75) is 51.1 Å². The van der Waals surface area contributed by atoms with Crippen molar-refractivity contribution in [1.82, 2.24) is 15.4 Å². The summed E-state index contributed by atoms with van der Waals surface area (Å²) in [5.41, 5.74) is 9.11. The molecule has 0 heterocycles. The number of benzene rings is 3. The second-order valence-electron chi connectivity index (χ2n) is 10.0. The van der Waals surface area contributed by atoms with Gasteiger partial charge in [-0.3, -0.25) is 9.59 Å². The molecular formula is C31H37F3N4O7S. The number of halogens is 3. The molecule has 2 unspecified atom stereocenters. The van der Waals surface area contributed by atoms with E-state index in [1.54, 1.807) is 24.3 Å². The summed E-state index contributed by atoms with van der Waals surface area (Å²) in [4.78, 5) is 35.5. The Morgan fingerprint density at radius 2 is 1.33 bits per heavy atom. The number of nitrogens with one attached hydrogen (secondary N) is 3. The number of sulfonamides is 1. The smallest absolute Gasteiger partial charge is 0.490 e. The van der Waals surface area contributed by atoms with Crippen molar-refractivity contribution in [2.75, 3.05) is 12.9 Å². The van der Waals surface area contributed by atoms with Crippen molar-refractivity contribution >= 4 is 27.8 Å². The first-order valence-electron chi connectivity index (χ1n) is 14.0. The Bertz CT molecular complexity index is 1520. The van der Waals surface area contributed by atoms with E-state index in [0.29, 0.717) is 18.9 Å². The van der Waals surface area contributed by atoms with Gasteiger partial charge in [0.15, 0.2) is 0 Å². The standard InChI is InChI=1S/C29H36N4O5S.C2HF3O2/c1-3-38-25-15-13-22(14-16-25)18-27(33-39(2,36)37)29(35)32-26(17-21-7-5-4-6-8-21)28(34)31-20-24-11-9-23(19-30)10-12-24;3-2(4,5)1(6)7/h4-16,26-27,33H,3,17-20,30H2,1-2H3,(H,31,34)(H,32,35);(H,6,7). The van der Waals surface area contributed by atoms with Gasteiger partial charge in [0.2, 0.25) is 21.8 Å². The van der Waals surface area contributed by atoms with Gasteiger partial charge in [0, 0.05) is 19.5 Å². The monoisotopic (exact) mass is 666 g/mol. The van der Waals surface area contributed by atoms with Gasteiger partial charge in [0.25, 0.3) is 0 Å². The van der Waals surface area contributed by atoms with Crippen molar-refractivity contribution in [3.63, 3.8) is 0 Å². The van der Waals surface area contributed by atoms with Crippen LogP contribution in [0.2, 0.25) is 0 Å². The van der Waals surface area contributed by atoms with Crippen LogP contribution in [0.4, 0.5) is 13.2 Å². The van der Waals surface area contributed by atoms with Gasteiger partial charge >= 0.3 is 12.1 Å². The van der Waals surface area contributed by atoms with Crippen LogP contribution in [0.5, 0.6) is 5.75 Å². The number of carboxylic acids is 1. The van der Waals surface area contributed by atoms with Crippen molar-refractivity contribution < 1.29 is 45.8 Å². The Morgan fingerprint density at radius 3 is 1.83 bits per heavy atom. The normalized spacial score (nSPS) is 12.6. The number of amides is 2. The molecule has 0 aliphatic heterocycles. The van der Waals surface area contributed by atoms with Crippen LogP contribution >= 0.6 is 0 Å². The quantitative estimate of drug-likeness (QED) is 0.174. The molecule has 0 radical (unpaired) electrons. The van der Waals surface area contributed by atoms with Crippen LogP contribution in [-0.4, -0.2) is 62.4 Å². The van der Waals surface area contributed by atoms with Crippen LogP contribution in [0.15, 0.2) is 78.9 Å². The van der Waals surface area contributed by atoms with E-state index >= 15 is 0 Å². The van der Waals surface area contributed by atoms with E-state index in [0.717, 1.165) is 28.5 Å². The zero-order valence-electron chi connectivity index (χ0n) is 25.2. The molecule has 6 N–H and O–H groups in total. The Morgan fingerprint density at radius 1 is 0.826 bits per heavy atom. The van der Waals surface area contributed by atoms with Gasteiger partial charge in [-0.25, -0.2) is 17.9 Å². The summed E-state index contributed by atoms with van der Waals surface area (Å²) in [5, 5.41) is 12.8. The molecule has 0 aliphatic carbocycles. The summed E-state index contributed by atoms with van der Waals surface area (Å²) in [5.74, 6) is -3.06. The maximum atomic E-state index is 13.4. The van der Waals surface area contributed by atoms with E-state index in [1.807, 2.05) is 61.5 Å². The Labute approximate surface area is 265 Å². The summed E-state index contributed by atoms with van der Waals surface area (Å²) in [6.45, 7) is 3.09. The van der Waals surface area contributed by atoms with Crippen LogP contribution in [0, 0.1) is 0 Å². The van der Waals surface area contributed by atoms with Gasteiger partial charge in [-0.15, -0.1) is 0 Å². The van der Waals surface area contributed by atoms with E-state index in [9.17, 15) is 31.2 Å². The number of aliphatic carboxylic acids is 1. The zero-order chi connectivity index (χ0) is 34.3. The Kier molecular flexibility index (Phi) is 14.7. The lowest BCUT2D eigenvalue weighted by molar-refractivity contribution is -0.192. The largest absolute Gasteiger partial charge is 0.494 e. The van der Waals surface area contributed by atoms with Crippen molar-refractivity contribution in [1.29, 1.82) is 0 Å². The fraction of sp³-hybridized carbons (Fsp3) is 0.323. The molecule has 2 amide bonds. The minimum absolute atomic E-state index is 0.0957. The molecule has 2 atom stereocenters. The maximum Gasteiger partial charge on any atom is 0.490 e. The lowest BCUT2D eigenvalue weighted by Crippen LogP contribution is -2.54. The topological polar surface area (TPSA) is 177 Å². The Hall–Kier alpha value is -4.47. The van der Waals surface area contributed by atoms with E-state index in [4.69, 9.17) is 20.4 Å². The highest BCUT2D eigenvalue weighted by atomic mass is 32.2. The molecule has 11 nitrogen and oxygen atoms in total. The van der Waals surface area contributed by atoms with Crippen LogP contribution in [0.25, 0.3) is 0 Å². The van der Waals surface area contributed by atoms with E-state index in [-0.39, 0.29) is 25.3 Å². The number of carbonyl (C=O) groups is 3. The summed E-state index contributed by atoms with van der Waals surface area (Å²) >= 11 is 0. The van der Waals surface area contributed by atoms with Crippen molar-refractivity contribution in [3.05, 3.63) is 101 Å². The number of nitrogens with two attached hydrogens (primary N) is 1. The lowest BCUT2D eigenvalue weighted by atomic mass is 10.0. The summed E-state index contributed by atoms with van der Waals surface area (Å²) in [7, 11) is -3.72. The molecule has 0 spiro atoms.